The first kappa shape index (κ1) is 14.3. The van der Waals surface area contributed by atoms with Gasteiger partial charge in [0.1, 0.15) is 0 Å². The van der Waals surface area contributed by atoms with Gasteiger partial charge in [-0.2, -0.15) is 13.2 Å². The van der Waals surface area contributed by atoms with Crippen molar-refractivity contribution in [2.24, 2.45) is 0 Å². The van der Waals surface area contributed by atoms with Crippen molar-refractivity contribution in [2.45, 2.75) is 25.1 Å². The summed E-state index contributed by atoms with van der Waals surface area (Å²) >= 11 is 0. The summed E-state index contributed by atoms with van der Waals surface area (Å²) in [4.78, 5) is 21.2. The first-order valence-corrected chi connectivity index (χ1v) is 5.69. The number of nitrogens with one attached hydrogen (secondary N) is 2. The number of carbonyl (C=O) groups is 1. The molecule has 20 heavy (non-hydrogen) atoms. The second-order valence-corrected chi connectivity index (χ2v) is 4.32. The SMILES string of the molecule is O=C(C1CCc2cc([N+](=O)[O-])ccc2NN1)C(F)(F)F. The summed E-state index contributed by atoms with van der Waals surface area (Å²) in [6.07, 6.45) is -4.88. The number of nitro benzene ring substituents is 1. The lowest BCUT2D eigenvalue weighted by molar-refractivity contribution is -0.384. The van der Waals surface area contributed by atoms with Crippen LogP contribution in [0.2, 0.25) is 0 Å². The minimum atomic E-state index is -4.91. The van der Waals surface area contributed by atoms with E-state index in [0.29, 0.717) is 11.3 Å². The molecule has 1 aliphatic heterocycles. The van der Waals surface area contributed by atoms with Gasteiger partial charge in [0.25, 0.3) is 11.5 Å². The molecule has 9 heteroatoms. The van der Waals surface area contributed by atoms with E-state index in [1.165, 1.54) is 18.2 Å². The average Bonchev–Trinajstić information content (AvgIpc) is 2.58. The normalized spacial score (nSPS) is 18.6. The molecule has 1 aromatic carbocycles. The molecule has 0 bridgehead atoms. The largest absolute Gasteiger partial charge is 0.451 e. The molecule has 6 nitrogen and oxygen atoms in total. The van der Waals surface area contributed by atoms with Crippen LogP contribution in [0.3, 0.4) is 0 Å². The van der Waals surface area contributed by atoms with Crippen molar-refractivity contribution >= 4 is 17.2 Å². The van der Waals surface area contributed by atoms with Gasteiger partial charge >= 0.3 is 6.18 Å². The average molecular weight is 289 g/mol. The second-order valence-electron chi connectivity index (χ2n) is 4.32. The number of hydrazine groups is 1. The van der Waals surface area contributed by atoms with Gasteiger partial charge in [0, 0.05) is 12.1 Å². The fourth-order valence-corrected chi connectivity index (χ4v) is 1.95. The minimum absolute atomic E-state index is 0.0977. The van der Waals surface area contributed by atoms with E-state index in [0.717, 1.165) is 0 Å². The molecule has 0 fully saturated rings. The summed E-state index contributed by atoms with van der Waals surface area (Å²) in [6, 6.07) is 2.49. The number of ketones is 1. The third-order valence-corrected chi connectivity index (χ3v) is 2.98. The van der Waals surface area contributed by atoms with Gasteiger partial charge in [0.2, 0.25) is 0 Å². The molecule has 1 aromatic rings. The fourth-order valence-electron chi connectivity index (χ4n) is 1.95. The topological polar surface area (TPSA) is 84.3 Å². The molecule has 2 rings (SSSR count). The van der Waals surface area contributed by atoms with E-state index in [-0.39, 0.29) is 18.5 Å². The Kier molecular flexibility index (Phi) is 3.62. The van der Waals surface area contributed by atoms with Gasteiger partial charge in [-0.25, -0.2) is 5.43 Å². The van der Waals surface area contributed by atoms with Gasteiger partial charge in [-0.3, -0.25) is 14.9 Å². The van der Waals surface area contributed by atoms with Gasteiger partial charge < -0.3 is 5.43 Å². The number of aryl methyl sites for hydroxylation is 1. The Morgan fingerprint density at radius 2 is 2.10 bits per heavy atom. The van der Waals surface area contributed by atoms with Gasteiger partial charge in [-0.15, -0.1) is 0 Å². The number of nitro groups is 1. The van der Waals surface area contributed by atoms with E-state index in [4.69, 9.17) is 0 Å². The Labute approximate surface area is 111 Å². The molecular formula is C11H10F3N3O3. The molecule has 1 heterocycles. The maximum Gasteiger partial charge on any atom is 0.451 e. The number of halogens is 3. The molecule has 0 amide bonds. The summed E-state index contributed by atoms with van der Waals surface area (Å²) in [5, 5.41) is 10.6. The first-order chi connectivity index (χ1) is 9.29. The number of hydrogen-bond acceptors (Lipinski definition) is 5. The van der Waals surface area contributed by atoms with Crippen molar-refractivity contribution in [3.05, 3.63) is 33.9 Å². The maximum atomic E-state index is 12.4. The highest BCUT2D eigenvalue weighted by Gasteiger charge is 2.43. The molecule has 0 aromatic heterocycles. The van der Waals surface area contributed by atoms with Gasteiger partial charge in [0.15, 0.2) is 0 Å². The number of anilines is 1. The molecule has 0 spiro atoms. The lowest BCUT2D eigenvalue weighted by Gasteiger charge is -2.16. The Morgan fingerprint density at radius 1 is 1.40 bits per heavy atom. The zero-order chi connectivity index (χ0) is 14.9. The number of hydrogen-bond donors (Lipinski definition) is 2. The quantitative estimate of drug-likeness (QED) is 0.642. The van der Waals surface area contributed by atoms with Gasteiger partial charge in [0.05, 0.1) is 16.7 Å². The standard InChI is InChI=1S/C11H10F3N3O3/c12-11(13,14)10(18)9-3-1-6-5-7(17(19)20)2-4-8(6)15-16-9/h2,4-5,9,15-16H,1,3H2. The highest BCUT2D eigenvalue weighted by molar-refractivity contribution is 5.89. The minimum Gasteiger partial charge on any atom is -0.321 e. The molecule has 1 atom stereocenters. The van der Waals surface area contributed by atoms with Crippen LogP contribution in [0, 0.1) is 10.1 Å². The highest BCUT2D eigenvalue weighted by Crippen LogP contribution is 2.27. The van der Waals surface area contributed by atoms with E-state index < -0.39 is 22.9 Å². The van der Waals surface area contributed by atoms with Crippen molar-refractivity contribution in [1.82, 2.24) is 5.43 Å². The van der Waals surface area contributed by atoms with Crippen molar-refractivity contribution in [2.75, 3.05) is 5.43 Å². The number of Topliss-reactive ketones (excluding diaryl/α,β-unsaturated/α-hetero) is 1. The number of fused-ring (bicyclic) bond motifs is 1. The van der Waals surface area contributed by atoms with E-state index in [1.807, 2.05) is 0 Å². The van der Waals surface area contributed by atoms with E-state index >= 15 is 0 Å². The van der Waals surface area contributed by atoms with Crippen LogP contribution in [0.1, 0.15) is 12.0 Å². The number of alkyl halides is 3. The molecule has 0 radical (unpaired) electrons. The zero-order valence-corrected chi connectivity index (χ0v) is 10.0. The van der Waals surface area contributed by atoms with E-state index in [2.05, 4.69) is 10.9 Å². The van der Waals surface area contributed by atoms with E-state index in [9.17, 15) is 28.1 Å². The number of benzene rings is 1. The number of nitrogens with zero attached hydrogens (tertiary/aromatic N) is 1. The van der Waals surface area contributed by atoms with Crippen molar-refractivity contribution in [3.63, 3.8) is 0 Å². The van der Waals surface area contributed by atoms with Crippen LogP contribution < -0.4 is 10.9 Å². The summed E-state index contributed by atoms with van der Waals surface area (Å²) in [6.45, 7) is 0. The lowest BCUT2D eigenvalue weighted by Crippen LogP contribution is -2.45. The van der Waals surface area contributed by atoms with Gasteiger partial charge in [-0.05, 0) is 24.5 Å². The summed E-state index contributed by atoms with van der Waals surface area (Å²) in [7, 11) is 0. The molecule has 108 valence electrons. The van der Waals surface area contributed by atoms with Crippen LogP contribution >= 0.6 is 0 Å². The van der Waals surface area contributed by atoms with Crippen molar-refractivity contribution in [3.8, 4) is 0 Å². The Hall–Kier alpha value is -2.16. The van der Waals surface area contributed by atoms with Crippen molar-refractivity contribution < 1.29 is 22.9 Å². The number of non-ortho nitro benzene ring substituents is 1. The zero-order valence-electron chi connectivity index (χ0n) is 10.0. The molecule has 1 aliphatic rings. The maximum absolute atomic E-state index is 12.4. The molecular weight excluding hydrogens is 279 g/mol. The van der Waals surface area contributed by atoms with Crippen LogP contribution in [0.4, 0.5) is 24.5 Å². The lowest BCUT2D eigenvalue weighted by atomic mass is 10.0. The third-order valence-electron chi connectivity index (χ3n) is 2.98. The molecule has 2 N–H and O–H groups in total. The second kappa shape index (κ2) is 5.08. The van der Waals surface area contributed by atoms with Crippen molar-refractivity contribution in [1.29, 1.82) is 0 Å². The van der Waals surface area contributed by atoms with Crippen LogP contribution in [0.25, 0.3) is 0 Å². The van der Waals surface area contributed by atoms with Crippen LogP contribution in [0.5, 0.6) is 0 Å². The fraction of sp³-hybridized carbons (Fsp3) is 0.364. The number of rotatable bonds is 2. The smallest absolute Gasteiger partial charge is 0.321 e. The van der Waals surface area contributed by atoms with Crippen LogP contribution in [-0.2, 0) is 11.2 Å². The van der Waals surface area contributed by atoms with Gasteiger partial charge in [-0.1, -0.05) is 0 Å². The summed E-state index contributed by atoms with van der Waals surface area (Å²) < 4.78 is 37.1. The summed E-state index contributed by atoms with van der Waals surface area (Å²) in [5.74, 6) is -1.87. The highest BCUT2D eigenvalue weighted by atomic mass is 19.4. The van der Waals surface area contributed by atoms with Crippen LogP contribution in [0.15, 0.2) is 18.2 Å². The predicted octanol–water partition coefficient (Wildman–Crippen LogP) is 1.96. The Morgan fingerprint density at radius 3 is 2.70 bits per heavy atom. The number of carbonyl (C=O) groups excluding carboxylic acids is 1. The Balaban J connectivity index is 2.19. The Bertz CT molecular complexity index is 560. The summed E-state index contributed by atoms with van der Waals surface area (Å²) in [5.41, 5.74) is 5.57. The third kappa shape index (κ3) is 2.87. The molecule has 0 saturated carbocycles. The molecule has 0 saturated heterocycles. The first-order valence-electron chi connectivity index (χ1n) is 5.69. The van der Waals surface area contributed by atoms with E-state index in [1.54, 1.807) is 0 Å². The molecule has 0 aliphatic carbocycles. The molecule has 1 unspecified atom stereocenters. The predicted molar refractivity (Wildman–Crippen MR) is 63.0 cm³/mol. The monoisotopic (exact) mass is 289 g/mol. The van der Waals surface area contributed by atoms with Crippen LogP contribution in [-0.4, -0.2) is 22.9 Å².